The molecule has 0 aliphatic heterocycles. The molecule has 6 rings (SSSR count). The Kier molecular flexibility index (Phi) is 7.32. The molecule has 6 aromatic carbocycles. The van der Waals surface area contributed by atoms with Gasteiger partial charge in [-0.25, -0.2) is 0 Å². The number of hydrogen-bond acceptors (Lipinski definition) is 0. The summed E-state index contributed by atoms with van der Waals surface area (Å²) in [5.74, 6) is 0. The molecule has 0 heterocycles. The second-order valence-corrected chi connectivity index (χ2v) is 11.3. The van der Waals surface area contributed by atoms with Crippen molar-refractivity contribution in [2.24, 2.45) is 0 Å². The summed E-state index contributed by atoms with van der Waals surface area (Å²) in [5, 5.41) is 13.6. The topological polar surface area (TPSA) is 0 Å². The Labute approximate surface area is 227 Å². The van der Waals surface area contributed by atoms with E-state index in [2.05, 4.69) is 98.8 Å². The minimum atomic E-state index is 1.19. The average Bonchev–Trinajstić information content (AvgIpc) is 2.96. The van der Waals surface area contributed by atoms with Crippen molar-refractivity contribution in [3.05, 3.63) is 96.1 Å². The molecule has 0 saturated carbocycles. The Balaban J connectivity index is 1.37. The molecule has 0 aliphatic carbocycles. The van der Waals surface area contributed by atoms with Crippen molar-refractivity contribution in [2.45, 2.75) is 78.1 Å². The maximum Gasteiger partial charge on any atom is -0.00987 e. The molecule has 0 saturated heterocycles. The molecule has 0 nitrogen and oxygen atoms in total. The smallest absolute Gasteiger partial charge is 0.00987 e. The summed E-state index contributed by atoms with van der Waals surface area (Å²) >= 11 is 0. The van der Waals surface area contributed by atoms with E-state index in [0.717, 1.165) is 0 Å². The lowest BCUT2D eigenvalue weighted by Crippen LogP contribution is -1.88. The standard InChI is InChI=1S/C38H40/c1-3-5-7-9-11-27-13-17-31-29(25-27)15-19-35-33(31)21-23-38-36-20-16-30-26-28(12-10-8-6-4-2)14-18-32(30)34(36)22-24-37(35)38/h13-26H,3-12H2,1-2H3. The molecular formula is C38H40. The van der Waals surface area contributed by atoms with E-state index in [0.29, 0.717) is 0 Å². The summed E-state index contributed by atoms with van der Waals surface area (Å²) in [4.78, 5) is 0. The zero-order valence-electron chi connectivity index (χ0n) is 23.2. The van der Waals surface area contributed by atoms with Crippen molar-refractivity contribution >= 4 is 53.9 Å². The fraction of sp³-hybridized carbons (Fsp3) is 0.316. The second kappa shape index (κ2) is 11.2. The molecule has 192 valence electrons. The molecule has 6 aromatic rings. The van der Waals surface area contributed by atoms with Crippen LogP contribution < -0.4 is 0 Å². The van der Waals surface area contributed by atoms with Crippen LogP contribution in [0.15, 0.2) is 84.9 Å². The van der Waals surface area contributed by atoms with Gasteiger partial charge in [-0.3, -0.25) is 0 Å². The Morgan fingerprint density at radius 1 is 0.342 bits per heavy atom. The molecule has 0 heteroatoms. The Bertz CT molecular complexity index is 1610. The van der Waals surface area contributed by atoms with Gasteiger partial charge in [0, 0.05) is 0 Å². The summed E-state index contributed by atoms with van der Waals surface area (Å²) in [7, 11) is 0. The van der Waals surface area contributed by atoms with E-state index in [4.69, 9.17) is 0 Å². The minimum absolute atomic E-state index is 1.19. The van der Waals surface area contributed by atoms with Gasteiger partial charge in [0.15, 0.2) is 0 Å². The van der Waals surface area contributed by atoms with Crippen LogP contribution in [0.5, 0.6) is 0 Å². The lowest BCUT2D eigenvalue weighted by atomic mass is 9.91. The van der Waals surface area contributed by atoms with Gasteiger partial charge in [-0.15, -0.1) is 0 Å². The van der Waals surface area contributed by atoms with Gasteiger partial charge in [-0.05, 0) is 90.7 Å². The Morgan fingerprint density at radius 2 is 0.684 bits per heavy atom. The van der Waals surface area contributed by atoms with E-state index in [9.17, 15) is 0 Å². The van der Waals surface area contributed by atoms with E-state index >= 15 is 0 Å². The van der Waals surface area contributed by atoms with Crippen molar-refractivity contribution in [2.75, 3.05) is 0 Å². The number of rotatable bonds is 10. The van der Waals surface area contributed by atoms with Crippen LogP contribution in [0.3, 0.4) is 0 Å². The van der Waals surface area contributed by atoms with E-state index in [1.807, 2.05) is 0 Å². The summed E-state index contributed by atoms with van der Waals surface area (Å²) in [6.45, 7) is 4.56. The third kappa shape index (κ3) is 4.78. The lowest BCUT2D eigenvalue weighted by molar-refractivity contribution is 0.667. The number of benzene rings is 6. The summed E-state index contributed by atoms with van der Waals surface area (Å²) in [6, 6.07) is 33.0. The summed E-state index contributed by atoms with van der Waals surface area (Å²) in [5.41, 5.74) is 2.94. The van der Waals surface area contributed by atoms with Crippen molar-refractivity contribution in [3.63, 3.8) is 0 Å². The van der Waals surface area contributed by atoms with Crippen LogP contribution in [-0.4, -0.2) is 0 Å². The molecule has 0 aliphatic rings. The third-order valence-electron chi connectivity index (χ3n) is 8.59. The molecule has 0 unspecified atom stereocenters. The van der Waals surface area contributed by atoms with Gasteiger partial charge in [0.2, 0.25) is 0 Å². The van der Waals surface area contributed by atoms with Crippen LogP contribution in [0, 0.1) is 0 Å². The first-order valence-corrected chi connectivity index (χ1v) is 15.0. The number of aryl methyl sites for hydroxylation is 2. The van der Waals surface area contributed by atoms with Crippen LogP contribution in [0.4, 0.5) is 0 Å². The van der Waals surface area contributed by atoms with E-state index in [1.54, 1.807) is 0 Å². The molecule has 0 N–H and O–H groups in total. The molecule has 0 bridgehead atoms. The number of unbranched alkanes of at least 4 members (excludes halogenated alkanes) is 6. The Hall–Kier alpha value is -3.38. The van der Waals surface area contributed by atoms with Gasteiger partial charge in [-0.2, -0.15) is 0 Å². The predicted octanol–water partition coefficient (Wildman–Crippen LogP) is 11.7. The van der Waals surface area contributed by atoms with Crippen molar-refractivity contribution < 1.29 is 0 Å². The SMILES string of the molecule is CCCCCCc1ccc2c(ccc3c2ccc2c4ccc5cc(CCCCCC)ccc5c4ccc32)c1. The van der Waals surface area contributed by atoms with E-state index in [-0.39, 0.29) is 0 Å². The molecule has 0 radical (unpaired) electrons. The van der Waals surface area contributed by atoms with Crippen molar-refractivity contribution in [1.82, 2.24) is 0 Å². The summed E-state index contributed by atoms with van der Waals surface area (Å²) in [6.07, 6.45) is 12.9. The fourth-order valence-electron chi connectivity index (χ4n) is 6.44. The van der Waals surface area contributed by atoms with Gasteiger partial charge in [0.25, 0.3) is 0 Å². The third-order valence-corrected chi connectivity index (χ3v) is 8.59. The van der Waals surface area contributed by atoms with Gasteiger partial charge in [-0.1, -0.05) is 137 Å². The zero-order valence-corrected chi connectivity index (χ0v) is 23.2. The van der Waals surface area contributed by atoms with Crippen LogP contribution >= 0.6 is 0 Å². The van der Waals surface area contributed by atoms with Crippen LogP contribution in [-0.2, 0) is 12.8 Å². The minimum Gasteiger partial charge on any atom is -0.0654 e. The Morgan fingerprint density at radius 3 is 1.08 bits per heavy atom. The number of hydrogen-bond donors (Lipinski definition) is 0. The fourth-order valence-corrected chi connectivity index (χ4v) is 6.44. The zero-order chi connectivity index (χ0) is 25.9. The molecule has 0 spiro atoms. The lowest BCUT2D eigenvalue weighted by Gasteiger charge is -2.13. The highest BCUT2D eigenvalue weighted by Crippen LogP contribution is 2.37. The highest BCUT2D eigenvalue weighted by molar-refractivity contribution is 6.24. The quantitative estimate of drug-likeness (QED) is 0.131. The average molecular weight is 497 g/mol. The molecule has 0 aromatic heterocycles. The normalized spacial score (nSPS) is 11.9. The molecule has 0 atom stereocenters. The van der Waals surface area contributed by atoms with Crippen LogP contribution in [0.2, 0.25) is 0 Å². The molecule has 0 fully saturated rings. The first kappa shape index (κ1) is 24.9. The van der Waals surface area contributed by atoms with Crippen LogP contribution in [0.25, 0.3) is 53.9 Å². The molecule has 38 heavy (non-hydrogen) atoms. The van der Waals surface area contributed by atoms with Gasteiger partial charge in [0.05, 0.1) is 0 Å². The first-order valence-electron chi connectivity index (χ1n) is 15.0. The van der Waals surface area contributed by atoms with Gasteiger partial charge < -0.3 is 0 Å². The van der Waals surface area contributed by atoms with Crippen LogP contribution in [0.1, 0.15) is 76.3 Å². The second-order valence-electron chi connectivity index (χ2n) is 11.3. The van der Waals surface area contributed by atoms with Crippen molar-refractivity contribution in [1.29, 1.82) is 0 Å². The van der Waals surface area contributed by atoms with Gasteiger partial charge >= 0.3 is 0 Å². The first-order chi connectivity index (χ1) is 18.8. The maximum atomic E-state index is 2.41. The highest BCUT2D eigenvalue weighted by Gasteiger charge is 2.10. The van der Waals surface area contributed by atoms with Gasteiger partial charge in [0.1, 0.15) is 0 Å². The highest BCUT2D eigenvalue weighted by atomic mass is 14.1. The largest absolute Gasteiger partial charge is 0.0654 e. The summed E-state index contributed by atoms with van der Waals surface area (Å²) < 4.78 is 0. The monoisotopic (exact) mass is 496 g/mol. The molecule has 0 amide bonds. The molecular weight excluding hydrogens is 456 g/mol. The van der Waals surface area contributed by atoms with Crippen molar-refractivity contribution in [3.8, 4) is 0 Å². The van der Waals surface area contributed by atoms with E-state index in [1.165, 1.54) is 129 Å². The number of fused-ring (bicyclic) bond motifs is 9. The predicted molar refractivity (Wildman–Crippen MR) is 170 cm³/mol. The van der Waals surface area contributed by atoms with E-state index < -0.39 is 0 Å². The maximum absolute atomic E-state index is 2.41.